The Morgan fingerprint density at radius 1 is 1.24 bits per heavy atom. The largest absolute Gasteiger partial charge is 0.443 e. The van der Waals surface area contributed by atoms with Crippen molar-refractivity contribution in [3.63, 3.8) is 0 Å². The van der Waals surface area contributed by atoms with Crippen LogP contribution < -0.4 is 5.32 Å². The Kier molecular flexibility index (Phi) is 6.74. The highest BCUT2D eigenvalue weighted by Gasteiger charge is 2.50. The molecule has 0 saturated heterocycles. The van der Waals surface area contributed by atoms with Crippen molar-refractivity contribution in [1.29, 1.82) is 0 Å². The zero-order valence-electron chi connectivity index (χ0n) is 18.8. The summed E-state index contributed by atoms with van der Waals surface area (Å²) in [5, 5.41) is 9.11. The molecular weight excluding hydrogens is 426 g/mol. The van der Waals surface area contributed by atoms with Gasteiger partial charge in [0.1, 0.15) is 11.6 Å². The third kappa shape index (κ3) is 4.75. The number of hydrogen-bond donors (Lipinski definition) is 1. The van der Waals surface area contributed by atoms with Crippen LogP contribution in [0.25, 0.3) is 0 Å². The van der Waals surface area contributed by atoms with Crippen LogP contribution >= 0.6 is 0 Å². The summed E-state index contributed by atoms with van der Waals surface area (Å²) in [4.78, 5) is 14.6. The average Bonchev–Trinajstić information content (AvgIpc) is 3.47. The van der Waals surface area contributed by atoms with Gasteiger partial charge in [-0.2, -0.15) is 5.01 Å². The third-order valence-corrected chi connectivity index (χ3v) is 5.86. The standard InChI is InChI=1S/C25H28F2N4O2/c1-30(2)24(32)31-25(18-9-4-3-5-10-18,15-8-16-28-20-11-6-7-12-20)33-23(29-31)21-17-19(26)13-14-22(21)27/h3-6,9-11,13-14,17,20,28H,7-8,12,15-16H2,1-2H3. The predicted octanol–water partition coefficient (Wildman–Crippen LogP) is 4.58. The maximum absolute atomic E-state index is 14.6. The summed E-state index contributed by atoms with van der Waals surface area (Å²) < 4.78 is 34.8. The topological polar surface area (TPSA) is 57.2 Å². The highest BCUT2D eigenvalue weighted by atomic mass is 19.1. The van der Waals surface area contributed by atoms with Crippen LogP contribution in [0.2, 0.25) is 0 Å². The minimum atomic E-state index is -1.29. The molecule has 0 spiro atoms. The lowest BCUT2D eigenvalue weighted by molar-refractivity contribution is -0.0570. The van der Waals surface area contributed by atoms with Gasteiger partial charge in [0.05, 0.1) is 5.56 Å². The molecule has 2 aromatic rings. The lowest BCUT2D eigenvalue weighted by Crippen LogP contribution is -2.49. The smallest absolute Gasteiger partial charge is 0.343 e. The Labute approximate surface area is 192 Å². The summed E-state index contributed by atoms with van der Waals surface area (Å²) in [6, 6.07) is 12.3. The third-order valence-electron chi connectivity index (χ3n) is 5.86. The van der Waals surface area contributed by atoms with Gasteiger partial charge < -0.3 is 15.0 Å². The number of hydrazone groups is 1. The molecule has 2 aromatic carbocycles. The van der Waals surface area contributed by atoms with Crippen molar-refractivity contribution in [2.75, 3.05) is 20.6 Å². The Bertz CT molecular complexity index is 1060. The monoisotopic (exact) mass is 454 g/mol. The van der Waals surface area contributed by atoms with Crippen molar-refractivity contribution < 1.29 is 18.3 Å². The molecule has 8 heteroatoms. The second-order valence-electron chi connectivity index (χ2n) is 8.44. The highest BCUT2D eigenvalue weighted by Crippen LogP contribution is 2.41. The number of benzene rings is 2. The number of rotatable bonds is 7. The average molecular weight is 455 g/mol. The summed E-state index contributed by atoms with van der Waals surface area (Å²) >= 11 is 0. The van der Waals surface area contributed by atoms with Gasteiger partial charge in [0, 0.05) is 32.1 Å². The molecule has 1 aliphatic carbocycles. The van der Waals surface area contributed by atoms with Crippen LogP contribution in [-0.4, -0.2) is 48.5 Å². The summed E-state index contributed by atoms with van der Waals surface area (Å²) in [6.45, 7) is 0.709. The van der Waals surface area contributed by atoms with Gasteiger partial charge in [0.15, 0.2) is 0 Å². The normalized spacial score (nSPS) is 21.8. The van der Waals surface area contributed by atoms with Gasteiger partial charge in [0.25, 0.3) is 0 Å². The van der Waals surface area contributed by atoms with Gasteiger partial charge in [-0.15, -0.1) is 5.10 Å². The molecule has 1 N–H and O–H groups in total. The van der Waals surface area contributed by atoms with Gasteiger partial charge >= 0.3 is 6.03 Å². The van der Waals surface area contributed by atoms with Gasteiger partial charge in [0.2, 0.25) is 11.6 Å². The van der Waals surface area contributed by atoms with Crippen molar-refractivity contribution in [2.24, 2.45) is 5.10 Å². The van der Waals surface area contributed by atoms with Gasteiger partial charge in [-0.05, 0) is 44.0 Å². The summed E-state index contributed by atoms with van der Waals surface area (Å²) in [6.07, 6.45) is 7.53. The van der Waals surface area contributed by atoms with Crippen molar-refractivity contribution in [3.8, 4) is 0 Å². The first-order valence-corrected chi connectivity index (χ1v) is 11.1. The quantitative estimate of drug-likeness (QED) is 0.492. The molecule has 2 unspecified atom stereocenters. The van der Waals surface area contributed by atoms with Crippen LogP contribution in [0.3, 0.4) is 0 Å². The Morgan fingerprint density at radius 2 is 2.03 bits per heavy atom. The van der Waals surface area contributed by atoms with Crippen LogP contribution in [0.15, 0.2) is 65.8 Å². The molecule has 1 aliphatic heterocycles. The fourth-order valence-electron chi connectivity index (χ4n) is 4.15. The van der Waals surface area contributed by atoms with Crippen LogP contribution in [0.5, 0.6) is 0 Å². The van der Waals surface area contributed by atoms with Crippen LogP contribution in [-0.2, 0) is 10.5 Å². The van der Waals surface area contributed by atoms with Crippen molar-refractivity contribution in [2.45, 2.75) is 37.5 Å². The molecule has 1 heterocycles. The zero-order valence-corrected chi connectivity index (χ0v) is 18.8. The summed E-state index contributed by atoms with van der Waals surface area (Å²) in [5.74, 6) is -1.42. The number of ether oxygens (including phenoxy) is 1. The number of carbonyl (C=O) groups excluding carboxylic acids is 1. The summed E-state index contributed by atoms with van der Waals surface area (Å²) in [7, 11) is 3.23. The van der Waals surface area contributed by atoms with Crippen LogP contribution in [0.4, 0.5) is 13.6 Å². The number of nitrogens with zero attached hydrogens (tertiary/aromatic N) is 3. The molecule has 2 amide bonds. The first-order valence-electron chi connectivity index (χ1n) is 11.1. The maximum Gasteiger partial charge on any atom is 0.343 e. The number of hydrogen-bond acceptors (Lipinski definition) is 4. The Balaban J connectivity index is 1.68. The minimum absolute atomic E-state index is 0.126. The molecule has 4 rings (SSSR count). The molecule has 0 radical (unpaired) electrons. The van der Waals surface area contributed by atoms with E-state index in [9.17, 15) is 13.6 Å². The molecule has 6 nitrogen and oxygen atoms in total. The lowest BCUT2D eigenvalue weighted by Gasteiger charge is -2.36. The Morgan fingerprint density at radius 3 is 2.73 bits per heavy atom. The van der Waals surface area contributed by atoms with Gasteiger partial charge in [-0.25, -0.2) is 13.6 Å². The number of halogens is 2. The zero-order chi connectivity index (χ0) is 23.4. The number of carbonyl (C=O) groups is 1. The Hall–Kier alpha value is -3.26. The van der Waals surface area contributed by atoms with Crippen molar-refractivity contribution in [1.82, 2.24) is 15.2 Å². The maximum atomic E-state index is 14.6. The number of nitrogens with one attached hydrogen (secondary N) is 1. The fraction of sp³-hybridized carbons (Fsp3) is 0.360. The van der Waals surface area contributed by atoms with E-state index in [4.69, 9.17) is 4.74 Å². The van der Waals surface area contributed by atoms with E-state index in [1.165, 1.54) is 9.91 Å². The SMILES string of the molecule is CN(C)C(=O)N1N=C(c2cc(F)ccc2F)OC1(CCCNC1C=CCC1)c1ccccc1. The van der Waals surface area contributed by atoms with Crippen LogP contribution in [0, 0.1) is 11.6 Å². The molecule has 0 bridgehead atoms. The minimum Gasteiger partial charge on any atom is -0.443 e. The van der Waals surface area contributed by atoms with E-state index in [0.29, 0.717) is 31.0 Å². The molecule has 0 fully saturated rings. The van der Waals surface area contributed by atoms with Crippen molar-refractivity contribution in [3.05, 3.63) is 83.4 Å². The van der Waals surface area contributed by atoms with E-state index in [0.717, 1.165) is 31.0 Å². The van der Waals surface area contributed by atoms with Crippen LogP contribution in [0.1, 0.15) is 36.8 Å². The molecule has 2 atom stereocenters. The molecular formula is C25H28F2N4O2. The van der Waals surface area contributed by atoms with E-state index in [1.54, 1.807) is 14.1 Å². The van der Waals surface area contributed by atoms with E-state index >= 15 is 0 Å². The molecule has 0 aromatic heterocycles. The fourth-order valence-corrected chi connectivity index (χ4v) is 4.15. The first-order chi connectivity index (χ1) is 15.9. The lowest BCUT2D eigenvalue weighted by atomic mass is 9.96. The highest BCUT2D eigenvalue weighted by molar-refractivity contribution is 5.97. The first kappa shape index (κ1) is 22.9. The molecule has 0 saturated carbocycles. The molecule has 33 heavy (non-hydrogen) atoms. The van der Waals surface area contributed by atoms with E-state index < -0.39 is 23.4 Å². The molecule has 174 valence electrons. The number of urea groups is 1. The van der Waals surface area contributed by atoms with Crippen molar-refractivity contribution >= 4 is 11.9 Å². The summed E-state index contributed by atoms with van der Waals surface area (Å²) in [5.41, 5.74) is -0.709. The number of amides is 2. The number of allylic oxidation sites excluding steroid dienone is 1. The second-order valence-corrected chi connectivity index (χ2v) is 8.44. The van der Waals surface area contributed by atoms with Gasteiger partial charge in [-0.1, -0.05) is 42.5 Å². The van der Waals surface area contributed by atoms with E-state index in [2.05, 4.69) is 22.6 Å². The predicted molar refractivity (Wildman–Crippen MR) is 122 cm³/mol. The molecule has 2 aliphatic rings. The van der Waals surface area contributed by atoms with E-state index in [-0.39, 0.29) is 11.5 Å². The van der Waals surface area contributed by atoms with E-state index in [1.807, 2.05) is 30.3 Å². The second kappa shape index (κ2) is 9.70. The van der Waals surface area contributed by atoms with Gasteiger partial charge in [-0.3, -0.25) is 0 Å².